The number of nitrogens with zero attached hydrogens (tertiary/aromatic N) is 2. The van der Waals surface area contributed by atoms with Crippen LogP contribution in [0.25, 0.3) is 21.3 Å². The largest absolute Gasteiger partial charge is 0.437 e. The Balaban J connectivity index is 1.62. The number of nitrogens with two attached hydrogens (primary N) is 1. The third kappa shape index (κ3) is 4.69. The molecule has 1 fully saturated rings. The summed E-state index contributed by atoms with van der Waals surface area (Å²) < 4.78 is 11.7. The minimum atomic E-state index is -0.621. The van der Waals surface area contributed by atoms with Gasteiger partial charge in [0.25, 0.3) is 5.91 Å². The van der Waals surface area contributed by atoms with E-state index in [9.17, 15) is 4.79 Å². The number of hydrogen-bond acceptors (Lipinski definition) is 6. The fourth-order valence-corrected chi connectivity index (χ4v) is 5.01. The normalized spacial score (nSPS) is 14.5. The van der Waals surface area contributed by atoms with Crippen LogP contribution in [0, 0.1) is 0 Å². The average Bonchev–Trinajstić information content (AvgIpc) is 3.25. The van der Waals surface area contributed by atoms with Crippen LogP contribution in [0.4, 0.5) is 0 Å². The standard InChI is InChI=1S/C24H21ClN4O3S/c25-16-6-7-19(17(12-16)22(26)30)32-23-21-18(15-4-2-1-3-5-15)14-33-24(21)28-20(27-23)13-29-8-10-31-11-9-29/h1-7,12,14H,8-11,13H2,(H2,26,30)/p+1. The first-order chi connectivity index (χ1) is 16.1. The Hall–Kier alpha value is -3.04. The molecule has 33 heavy (non-hydrogen) atoms. The van der Waals surface area contributed by atoms with Gasteiger partial charge in [-0.25, -0.2) is 4.98 Å². The van der Waals surface area contributed by atoms with Crippen molar-refractivity contribution in [3.05, 3.63) is 70.3 Å². The number of carbonyl (C=O) groups is 1. The number of halogens is 1. The van der Waals surface area contributed by atoms with E-state index in [1.54, 1.807) is 23.5 Å². The van der Waals surface area contributed by atoms with Crippen LogP contribution < -0.4 is 15.4 Å². The molecular formula is C24H22ClN4O3S+. The number of hydrogen-bond donors (Lipinski definition) is 2. The number of ether oxygens (including phenoxy) is 2. The zero-order valence-corrected chi connectivity index (χ0v) is 19.3. The van der Waals surface area contributed by atoms with Gasteiger partial charge in [-0.15, -0.1) is 11.3 Å². The Morgan fingerprint density at radius 3 is 2.70 bits per heavy atom. The summed E-state index contributed by atoms with van der Waals surface area (Å²) in [6.07, 6.45) is 0. The number of fused-ring (bicyclic) bond motifs is 1. The highest BCUT2D eigenvalue weighted by Crippen LogP contribution is 2.40. The molecule has 1 aliphatic rings. The molecular weight excluding hydrogens is 460 g/mol. The number of nitrogens with one attached hydrogen (secondary N) is 1. The van der Waals surface area contributed by atoms with Crippen molar-refractivity contribution in [3.63, 3.8) is 0 Å². The van der Waals surface area contributed by atoms with Crippen LogP contribution in [0.5, 0.6) is 11.6 Å². The number of thiophene rings is 1. The molecule has 9 heteroatoms. The summed E-state index contributed by atoms with van der Waals surface area (Å²) in [5.74, 6) is 0.768. The number of amides is 1. The summed E-state index contributed by atoms with van der Waals surface area (Å²) in [7, 11) is 0. The molecule has 4 aromatic rings. The minimum Gasteiger partial charge on any atom is -0.437 e. The second kappa shape index (κ2) is 9.44. The van der Waals surface area contributed by atoms with Gasteiger partial charge in [0.2, 0.25) is 5.88 Å². The molecule has 1 aliphatic heterocycles. The Labute approximate surface area is 199 Å². The molecule has 7 nitrogen and oxygen atoms in total. The average molecular weight is 482 g/mol. The lowest BCUT2D eigenvalue weighted by atomic mass is 10.1. The molecule has 0 saturated carbocycles. The Morgan fingerprint density at radius 1 is 1.15 bits per heavy atom. The SMILES string of the molecule is NC(=O)c1cc(Cl)ccc1Oc1nc(C[NH+]2CCOCC2)nc2scc(-c3ccccc3)c12. The molecule has 0 aliphatic carbocycles. The second-order valence-electron chi connectivity index (χ2n) is 7.79. The van der Waals surface area contributed by atoms with Crippen LogP contribution in [-0.4, -0.2) is 42.2 Å². The fraction of sp³-hybridized carbons (Fsp3) is 0.208. The van der Waals surface area contributed by atoms with Crippen molar-refractivity contribution < 1.29 is 19.2 Å². The molecule has 1 saturated heterocycles. The molecule has 0 spiro atoms. The van der Waals surface area contributed by atoms with Crippen LogP contribution in [0.15, 0.2) is 53.9 Å². The molecule has 0 bridgehead atoms. The van der Waals surface area contributed by atoms with Gasteiger partial charge in [0.05, 0.1) is 24.2 Å². The molecule has 0 unspecified atom stereocenters. The summed E-state index contributed by atoms with van der Waals surface area (Å²) in [5, 5.41) is 3.27. The maximum atomic E-state index is 12.0. The van der Waals surface area contributed by atoms with E-state index in [1.165, 1.54) is 11.0 Å². The molecule has 3 N–H and O–H groups in total. The third-order valence-corrected chi connectivity index (χ3v) is 6.66. The number of primary amides is 1. The first-order valence-electron chi connectivity index (χ1n) is 10.6. The molecule has 2 aromatic heterocycles. The van der Waals surface area contributed by atoms with E-state index < -0.39 is 5.91 Å². The van der Waals surface area contributed by atoms with Gasteiger partial charge in [-0.2, -0.15) is 4.98 Å². The van der Waals surface area contributed by atoms with Gasteiger partial charge >= 0.3 is 0 Å². The Morgan fingerprint density at radius 2 is 1.94 bits per heavy atom. The number of aromatic nitrogens is 2. The molecule has 0 radical (unpaired) electrons. The first kappa shape index (κ1) is 21.8. The highest BCUT2D eigenvalue weighted by molar-refractivity contribution is 7.17. The van der Waals surface area contributed by atoms with Gasteiger partial charge in [-0.05, 0) is 23.8 Å². The highest BCUT2D eigenvalue weighted by atomic mass is 35.5. The van der Waals surface area contributed by atoms with E-state index in [0.29, 0.717) is 29.0 Å². The predicted octanol–water partition coefficient (Wildman–Crippen LogP) is 3.32. The van der Waals surface area contributed by atoms with Crippen LogP contribution in [0.1, 0.15) is 16.2 Å². The zero-order chi connectivity index (χ0) is 22.8. The van der Waals surface area contributed by atoms with Crippen molar-refractivity contribution in [2.45, 2.75) is 6.54 Å². The molecule has 1 amide bonds. The maximum Gasteiger partial charge on any atom is 0.252 e. The molecule has 3 heterocycles. The van der Waals surface area contributed by atoms with Gasteiger partial charge in [0, 0.05) is 16.0 Å². The molecule has 2 aromatic carbocycles. The zero-order valence-electron chi connectivity index (χ0n) is 17.7. The van der Waals surface area contributed by atoms with Crippen molar-refractivity contribution in [2.75, 3.05) is 26.3 Å². The Kier molecular flexibility index (Phi) is 6.24. The fourth-order valence-electron chi connectivity index (χ4n) is 3.88. The van der Waals surface area contributed by atoms with E-state index in [4.69, 9.17) is 36.8 Å². The summed E-state index contributed by atoms with van der Waals surface area (Å²) in [4.78, 5) is 23.9. The highest BCUT2D eigenvalue weighted by Gasteiger charge is 2.22. The van der Waals surface area contributed by atoms with Gasteiger partial charge in [0.1, 0.15) is 30.2 Å². The van der Waals surface area contributed by atoms with Crippen LogP contribution in [0.2, 0.25) is 5.02 Å². The first-order valence-corrected chi connectivity index (χ1v) is 11.9. The summed E-state index contributed by atoms with van der Waals surface area (Å²) in [5.41, 5.74) is 7.80. The molecule has 0 atom stereocenters. The van der Waals surface area contributed by atoms with E-state index in [1.807, 2.05) is 30.3 Å². The monoisotopic (exact) mass is 481 g/mol. The van der Waals surface area contributed by atoms with Gasteiger partial charge < -0.3 is 20.1 Å². The lowest BCUT2D eigenvalue weighted by molar-refractivity contribution is -0.922. The van der Waals surface area contributed by atoms with Crippen LogP contribution in [0.3, 0.4) is 0 Å². The van der Waals surface area contributed by atoms with Crippen molar-refractivity contribution in [1.82, 2.24) is 9.97 Å². The Bertz CT molecular complexity index is 1310. The van der Waals surface area contributed by atoms with Crippen molar-refractivity contribution in [1.29, 1.82) is 0 Å². The lowest BCUT2D eigenvalue weighted by Crippen LogP contribution is -3.12. The second-order valence-corrected chi connectivity index (χ2v) is 9.08. The number of rotatable bonds is 6. The topological polar surface area (TPSA) is 91.8 Å². The van der Waals surface area contributed by atoms with E-state index in [-0.39, 0.29) is 5.56 Å². The van der Waals surface area contributed by atoms with Crippen LogP contribution in [-0.2, 0) is 11.3 Å². The predicted molar refractivity (Wildman–Crippen MR) is 128 cm³/mol. The van der Waals surface area contributed by atoms with Gasteiger partial charge in [-0.3, -0.25) is 4.79 Å². The molecule has 5 rings (SSSR count). The smallest absolute Gasteiger partial charge is 0.252 e. The van der Waals surface area contributed by atoms with E-state index in [2.05, 4.69) is 5.38 Å². The quantitative estimate of drug-likeness (QED) is 0.441. The number of morpholine rings is 1. The van der Waals surface area contributed by atoms with Crippen molar-refractivity contribution in [3.8, 4) is 22.8 Å². The summed E-state index contributed by atoms with van der Waals surface area (Å²) in [6, 6.07) is 14.8. The molecule has 168 valence electrons. The van der Waals surface area contributed by atoms with E-state index in [0.717, 1.165) is 47.6 Å². The van der Waals surface area contributed by atoms with Gasteiger partial charge in [-0.1, -0.05) is 41.9 Å². The minimum absolute atomic E-state index is 0.200. The number of benzene rings is 2. The lowest BCUT2D eigenvalue weighted by Gasteiger charge is -2.23. The van der Waals surface area contributed by atoms with Crippen LogP contribution >= 0.6 is 22.9 Å². The number of carbonyl (C=O) groups excluding carboxylic acids is 1. The van der Waals surface area contributed by atoms with Crippen molar-refractivity contribution in [2.24, 2.45) is 5.73 Å². The third-order valence-electron chi connectivity index (χ3n) is 5.55. The summed E-state index contributed by atoms with van der Waals surface area (Å²) >= 11 is 7.63. The van der Waals surface area contributed by atoms with Crippen molar-refractivity contribution >= 4 is 39.1 Å². The van der Waals surface area contributed by atoms with E-state index >= 15 is 0 Å². The number of quaternary nitrogens is 1. The summed E-state index contributed by atoms with van der Waals surface area (Å²) in [6.45, 7) is 3.92. The van der Waals surface area contributed by atoms with Gasteiger partial charge in [0.15, 0.2) is 5.82 Å². The maximum absolute atomic E-state index is 12.0.